The Morgan fingerprint density at radius 3 is 2.55 bits per heavy atom. The van der Waals surface area contributed by atoms with Gasteiger partial charge in [-0.15, -0.1) is 0 Å². The first-order chi connectivity index (χ1) is 9.45. The number of rotatable bonds is 5. The molecule has 1 heterocycles. The Hall–Kier alpha value is -1.70. The van der Waals surface area contributed by atoms with Crippen molar-refractivity contribution in [1.82, 2.24) is 9.55 Å². The van der Waals surface area contributed by atoms with Crippen LogP contribution in [0.5, 0.6) is 0 Å². The van der Waals surface area contributed by atoms with Crippen LogP contribution in [0.1, 0.15) is 0 Å². The largest absolute Gasteiger partial charge is 0.394 e. The summed E-state index contributed by atoms with van der Waals surface area (Å²) >= 11 is 0. The third-order valence-corrected chi connectivity index (χ3v) is 4.68. The summed E-state index contributed by atoms with van der Waals surface area (Å²) in [6.07, 6.45) is 0.171. The van der Waals surface area contributed by atoms with E-state index in [4.69, 9.17) is 5.11 Å². The molecule has 0 saturated carbocycles. The average molecular weight is 296 g/mol. The van der Waals surface area contributed by atoms with Gasteiger partial charge in [0.25, 0.3) is 0 Å². The zero-order valence-corrected chi connectivity index (χ0v) is 11.8. The average Bonchev–Trinajstić information content (AvgIpc) is 2.82. The van der Waals surface area contributed by atoms with Gasteiger partial charge in [0.2, 0.25) is 15.0 Å². The molecule has 2 rings (SSSR count). The lowest BCUT2D eigenvalue weighted by Crippen LogP contribution is -2.26. The molecule has 0 radical (unpaired) electrons. The molecule has 0 aliphatic rings. The lowest BCUT2D eigenvalue weighted by molar-refractivity contribution is 0.112. The number of aromatic nitrogens is 2. The fourth-order valence-electron chi connectivity index (χ4n) is 1.94. The molecule has 6 nitrogen and oxygen atoms in total. The van der Waals surface area contributed by atoms with Gasteiger partial charge in [-0.1, -0.05) is 30.3 Å². The zero-order valence-electron chi connectivity index (χ0n) is 11.0. The van der Waals surface area contributed by atoms with Crippen molar-refractivity contribution in [2.45, 2.75) is 11.3 Å². The molecule has 1 aromatic heterocycles. The van der Waals surface area contributed by atoms with E-state index < -0.39 is 28.3 Å². The molecule has 108 valence electrons. The molecule has 2 N–H and O–H groups in total. The van der Waals surface area contributed by atoms with Gasteiger partial charge >= 0.3 is 0 Å². The van der Waals surface area contributed by atoms with Crippen LogP contribution in [-0.4, -0.2) is 46.6 Å². The predicted octanol–water partition coefficient (Wildman–Crippen LogP) is 0.214. The molecule has 0 spiro atoms. The predicted molar refractivity (Wildman–Crippen MR) is 73.8 cm³/mol. The van der Waals surface area contributed by atoms with Gasteiger partial charge in [0.15, 0.2) is 0 Å². The molecular formula is C13H16N2O4S. The first-order valence-corrected chi connectivity index (χ1v) is 7.69. The molecule has 20 heavy (non-hydrogen) atoms. The summed E-state index contributed by atoms with van der Waals surface area (Å²) in [4.78, 5) is 3.93. The number of benzene rings is 1. The number of aliphatic hydroxyl groups excluding tert-OH is 2. The van der Waals surface area contributed by atoms with Gasteiger partial charge in [-0.25, -0.2) is 13.4 Å². The smallest absolute Gasteiger partial charge is 0.227 e. The van der Waals surface area contributed by atoms with Gasteiger partial charge < -0.3 is 14.8 Å². The van der Waals surface area contributed by atoms with E-state index in [0.29, 0.717) is 5.69 Å². The van der Waals surface area contributed by atoms with E-state index in [2.05, 4.69) is 4.98 Å². The van der Waals surface area contributed by atoms with E-state index in [9.17, 15) is 13.5 Å². The molecule has 7 heteroatoms. The second-order valence-corrected chi connectivity index (χ2v) is 6.40. The lowest BCUT2D eigenvalue weighted by Gasteiger charge is -2.09. The molecule has 0 saturated heterocycles. The summed E-state index contributed by atoms with van der Waals surface area (Å²) in [6.45, 7) is -0.602. The number of hydrogen-bond donors (Lipinski definition) is 2. The maximum atomic E-state index is 12.1. The highest BCUT2D eigenvalue weighted by Gasteiger charge is 2.25. The van der Waals surface area contributed by atoms with Crippen molar-refractivity contribution in [1.29, 1.82) is 0 Å². The molecule has 0 amide bonds. The molecule has 0 fully saturated rings. The summed E-state index contributed by atoms with van der Waals surface area (Å²) in [7, 11) is -2.14. The van der Waals surface area contributed by atoms with Gasteiger partial charge in [0.1, 0.15) is 0 Å². The van der Waals surface area contributed by atoms with Crippen LogP contribution in [-0.2, 0) is 16.9 Å². The van der Waals surface area contributed by atoms with Crippen molar-refractivity contribution in [2.75, 3.05) is 12.4 Å². The van der Waals surface area contributed by atoms with Crippen LogP contribution in [0.25, 0.3) is 11.3 Å². The Morgan fingerprint density at radius 2 is 1.95 bits per heavy atom. The summed E-state index contributed by atoms with van der Waals surface area (Å²) in [5, 5.41) is 17.9. The first-order valence-electron chi connectivity index (χ1n) is 6.04. The minimum Gasteiger partial charge on any atom is -0.394 e. The number of aliphatic hydroxyl groups is 2. The Bertz CT molecular complexity index is 680. The standard InChI is InChI=1S/C13H16N2O4S/c1-15-12(10-5-3-2-4-6-10)7-14-13(15)20(18,19)9-11(17)8-16/h2-7,11,16-17H,8-9H2,1H3/t11-/m1/s1. The van der Waals surface area contributed by atoms with Gasteiger partial charge in [0, 0.05) is 7.05 Å². The normalized spacial score (nSPS) is 13.3. The van der Waals surface area contributed by atoms with Crippen LogP contribution < -0.4 is 0 Å². The molecule has 0 aliphatic heterocycles. The number of sulfone groups is 1. The SMILES string of the molecule is Cn1c(-c2ccccc2)cnc1S(=O)(=O)C[C@H](O)CO. The maximum absolute atomic E-state index is 12.1. The molecule has 0 aliphatic carbocycles. The second-order valence-electron chi connectivity index (χ2n) is 4.47. The lowest BCUT2D eigenvalue weighted by atomic mass is 10.2. The third-order valence-electron chi connectivity index (χ3n) is 2.92. The van der Waals surface area contributed by atoms with E-state index >= 15 is 0 Å². The fraction of sp³-hybridized carbons (Fsp3) is 0.308. The Labute approximate surface area is 117 Å². The van der Waals surface area contributed by atoms with Crippen molar-refractivity contribution < 1.29 is 18.6 Å². The summed E-state index contributed by atoms with van der Waals surface area (Å²) in [5.41, 5.74) is 1.52. The minimum atomic E-state index is -3.75. The van der Waals surface area contributed by atoms with Crippen LogP contribution in [0.4, 0.5) is 0 Å². The van der Waals surface area contributed by atoms with Gasteiger partial charge in [-0.3, -0.25) is 0 Å². The van der Waals surface area contributed by atoms with E-state index in [1.54, 1.807) is 7.05 Å². The van der Waals surface area contributed by atoms with Gasteiger partial charge in [-0.2, -0.15) is 0 Å². The van der Waals surface area contributed by atoms with Crippen molar-refractivity contribution in [2.24, 2.45) is 7.05 Å². The number of hydrogen-bond acceptors (Lipinski definition) is 5. The van der Waals surface area contributed by atoms with Crippen LogP contribution in [0.3, 0.4) is 0 Å². The topological polar surface area (TPSA) is 92.4 Å². The molecule has 1 atom stereocenters. The second kappa shape index (κ2) is 5.74. The highest BCUT2D eigenvalue weighted by atomic mass is 32.2. The van der Waals surface area contributed by atoms with E-state index in [1.165, 1.54) is 10.8 Å². The molecule has 0 bridgehead atoms. The number of imidazole rings is 1. The minimum absolute atomic E-state index is 0.121. The van der Waals surface area contributed by atoms with E-state index in [0.717, 1.165) is 5.56 Å². The summed E-state index contributed by atoms with van der Waals surface area (Å²) in [6, 6.07) is 9.29. The fourth-order valence-corrected chi connectivity index (χ4v) is 3.43. The Balaban J connectivity index is 2.39. The highest BCUT2D eigenvalue weighted by Crippen LogP contribution is 2.22. The molecule has 0 unspecified atom stereocenters. The van der Waals surface area contributed by atoms with Crippen molar-refractivity contribution in [3.05, 3.63) is 36.5 Å². The summed E-state index contributed by atoms with van der Waals surface area (Å²) < 4.78 is 25.7. The van der Waals surface area contributed by atoms with E-state index in [1.807, 2.05) is 30.3 Å². The zero-order chi connectivity index (χ0) is 14.8. The van der Waals surface area contributed by atoms with Gasteiger partial charge in [0.05, 0.1) is 30.4 Å². The Morgan fingerprint density at radius 1 is 1.30 bits per heavy atom. The van der Waals surface area contributed by atoms with Crippen LogP contribution in [0.15, 0.2) is 41.7 Å². The van der Waals surface area contributed by atoms with E-state index in [-0.39, 0.29) is 5.16 Å². The Kier molecular flexibility index (Phi) is 4.22. The monoisotopic (exact) mass is 296 g/mol. The molecule has 2 aromatic rings. The van der Waals surface area contributed by atoms with Crippen molar-refractivity contribution in [3.63, 3.8) is 0 Å². The van der Waals surface area contributed by atoms with Crippen molar-refractivity contribution >= 4 is 9.84 Å². The first kappa shape index (κ1) is 14.7. The molecule has 1 aromatic carbocycles. The van der Waals surface area contributed by atoms with Crippen LogP contribution in [0.2, 0.25) is 0 Å². The third kappa shape index (κ3) is 2.90. The maximum Gasteiger partial charge on any atom is 0.227 e. The summed E-state index contributed by atoms with van der Waals surface area (Å²) in [5.74, 6) is -0.553. The van der Waals surface area contributed by atoms with Crippen LogP contribution in [0, 0.1) is 0 Å². The van der Waals surface area contributed by atoms with Crippen LogP contribution >= 0.6 is 0 Å². The number of nitrogens with zero attached hydrogens (tertiary/aromatic N) is 2. The van der Waals surface area contributed by atoms with Gasteiger partial charge in [-0.05, 0) is 5.56 Å². The highest BCUT2D eigenvalue weighted by molar-refractivity contribution is 7.91. The molecular weight excluding hydrogens is 280 g/mol. The van der Waals surface area contributed by atoms with Crippen molar-refractivity contribution in [3.8, 4) is 11.3 Å². The quantitative estimate of drug-likeness (QED) is 0.823.